The molecule has 0 radical (unpaired) electrons. The Bertz CT molecular complexity index is 1030. The second-order valence-electron chi connectivity index (χ2n) is 7.97. The molecule has 0 atom stereocenters. The fraction of sp³-hybridized carbons (Fsp3) is 0.455. The lowest BCUT2D eigenvalue weighted by atomic mass is 9.93. The molecule has 2 aliphatic rings. The maximum absolute atomic E-state index is 12.2. The third-order valence-corrected chi connectivity index (χ3v) is 5.92. The van der Waals surface area contributed by atoms with E-state index in [1.807, 2.05) is 0 Å². The topological polar surface area (TPSA) is 105 Å². The Labute approximate surface area is 180 Å². The number of hydrogen-bond donors (Lipinski definition) is 2. The van der Waals surface area contributed by atoms with E-state index in [1.54, 1.807) is 24.8 Å². The van der Waals surface area contributed by atoms with Crippen molar-refractivity contribution in [1.82, 2.24) is 25.3 Å². The van der Waals surface area contributed by atoms with Crippen LogP contribution in [-0.2, 0) is 4.74 Å². The van der Waals surface area contributed by atoms with Crippen LogP contribution >= 0.6 is 0 Å². The predicted molar refractivity (Wildman–Crippen MR) is 115 cm³/mol. The Morgan fingerprint density at radius 3 is 2.65 bits per heavy atom. The van der Waals surface area contributed by atoms with Gasteiger partial charge in [-0.2, -0.15) is 0 Å². The number of ether oxygens (including phenoxy) is 2. The molecular formula is C22H26N6O3. The van der Waals surface area contributed by atoms with Gasteiger partial charge in [0.1, 0.15) is 11.3 Å². The number of carbonyl (C=O) groups is 1. The molecule has 31 heavy (non-hydrogen) atoms. The molecule has 2 aromatic heterocycles. The van der Waals surface area contributed by atoms with E-state index in [0.29, 0.717) is 5.82 Å². The Kier molecular flexibility index (Phi) is 5.66. The van der Waals surface area contributed by atoms with Crippen LogP contribution in [0, 0.1) is 0 Å². The quantitative estimate of drug-likeness (QED) is 0.650. The molecule has 1 aliphatic heterocycles. The number of morpholine rings is 1. The molecule has 1 aliphatic carbocycles. The lowest BCUT2D eigenvalue weighted by molar-refractivity contribution is 0.0885. The van der Waals surface area contributed by atoms with Crippen molar-refractivity contribution in [3.8, 4) is 5.75 Å². The van der Waals surface area contributed by atoms with Gasteiger partial charge in [-0.1, -0.05) is 0 Å². The molecule has 1 saturated heterocycles. The van der Waals surface area contributed by atoms with Crippen molar-refractivity contribution in [3.05, 3.63) is 42.7 Å². The van der Waals surface area contributed by atoms with Gasteiger partial charge in [0.2, 0.25) is 0 Å². The first-order valence-corrected chi connectivity index (χ1v) is 10.8. The van der Waals surface area contributed by atoms with Crippen LogP contribution in [0.25, 0.3) is 11.0 Å². The second-order valence-corrected chi connectivity index (χ2v) is 7.97. The molecule has 2 fully saturated rings. The Morgan fingerprint density at radius 2 is 1.87 bits per heavy atom. The minimum atomic E-state index is -0.158. The van der Waals surface area contributed by atoms with Crippen molar-refractivity contribution in [2.24, 2.45) is 0 Å². The zero-order valence-corrected chi connectivity index (χ0v) is 17.3. The van der Waals surface area contributed by atoms with Crippen molar-refractivity contribution >= 4 is 22.6 Å². The number of anilines is 1. The van der Waals surface area contributed by atoms with Gasteiger partial charge in [0.25, 0.3) is 5.91 Å². The summed E-state index contributed by atoms with van der Waals surface area (Å²) in [7, 11) is 0. The number of amides is 1. The number of nitrogens with zero attached hydrogens (tertiary/aromatic N) is 4. The van der Waals surface area contributed by atoms with E-state index in [2.05, 4.69) is 42.3 Å². The van der Waals surface area contributed by atoms with Crippen molar-refractivity contribution in [2.45, 2.75) is 37.8 Å². The Morgan fingerprint density at radius 1 is 1.06 bits per heavy atom. The van der Waals surface area contributed by atoms with Crippen molar-refractivity contribution in [1.29, 1.82) is 0 Å². The first kappa shape index (κ1) is 19.7. The molecule has 0 spiro atoms. The highest BCUT2D eigenvalue weighted by Crippen LogP contribution is 2.33. The highest BCUT2D eigenvalue weighted by atomic mass is 16.5. The van der Waals surface area contributed by atoms with Crippen LogP contribution in [-0.4, -0.2) is 64.3 Å². The third kappa shape index (κ3) is 4.46. The molecule has 5 rings (SSSR count). The minimum Gasteiger partial charge on any atom is -0.488 e. The number of nitrogens with one attached hydrogen (secondary N) is 2. The van der Waals surface area contributed by atoms with Gasteiger partial charge in [0.15, 0.2) is 5.82 Å². The van der Waals surface area contributed by atoms with Crippen LogP contribution in [0.1, 0.15) is 36.3 Å². The lowest BCUT2D eigenvalue weighted by Gasteiger charge is -2.31. The molecule has 3 aromatic rings. The third-order valence-electron chi connectivity index (χ3n) is 5.92. The maximum Gasteiger partial charge on any atom is 0.287 e. The summed E-state index contributed by atoms with van der Waals surface area (Å²) < 4.78 is 11.9. The van der Waals surface area contributed by atoms with E-state index in [-0.39, 0.29) is 18.1 Å². The Hall–Kier alpha value is -3.20. The number of fused-ring (bicyclic) bond motifs is 1. The van der Waals surface area contributed by atoms with Gasteiger partial charge in [-0.3, -0.25) is 9.78 Å². The first-order valence-electron chi connectivity index (χ1n) is 10.8. The van der Waals surface area contributed by atoms with Crippen LogP contribution in [0.15, 0.2) is 36.9 Å². The highest BCUT2D eigenvalue weighted by Gasteiger charge is 2.25. The van der Waals surface area contributed by atoms with Gasteiger partial charge in [0.05, 0.1) is 24.8 Å². The average Bonchev–Trinajstić information content (AvgIpc) is 3.36. The summed E-state index contributed by atoms with van der Waals surface area (Å²) in [5.41, 5.74) is 2.71. The lowest BCUT2D eigenvalue weighted by Crippen LogP contribution is -2.40. The number of carbonyl (C=O) groups excluding carboxylic acids is 1. The fourth-order valence-electron chi connectivity index (χ4n) is 4.27. The molecule has 3 heterocycles. The second kappa shape index (κ2) is 8.89. The van der Waals surface area contributed by atoms with Gasteiger partial charge in [-0.15, -0.1) is 0 Å². The minimum absolute atomic E-state index is 0.0851. The van der Waals surface area contributed by atoms with E-state index in [1.165, 1.54) is 0 Å². The van der Waals surface area contributed by atoms with Crippen LogP contribution in [0.3, 0.4) is 0 Å². The summed E-state index contributed by atoms with van der Waals surface area (Å²) in [6.45, 7) is 3.15. The van der Waals surface area contributed by atoms with Crippen LogP contribution in [0.2, 0.25) is 0 Å². The summed E-state index contributed by atoms with van der Waals surface area (Å²) in [4.78, 5) is 30.4. The van der Waals surface area contributed by atoms with Crippen molar-refractivity contribution < 1.29 is 14.3 Å². The van der Waals surface area contributed by atoms with Gasteiger partial charge < -0.3 is 24.7 Å². The van der Waals surface area contributed by atoms with Crippen LogP contribution < -0.4 is 15.0 Å². The van der Waals surface area contributed by atoms with Gasteiger partial charge >= 0.3 is 0 Å². The van der Waals surface area contributed by atoms with E-state index in [0.717, 1.165) is 74.5 Å². The molecule has 0 bridgehead atoms. The monoisotopic (exact) mass is 422 g/mol. The maximum atomic E-state index is 12.2. The molecule has 9 nitrogen and oxygen atoms in total. The van der Waals surface area contributed by atoms with Crippen molar-refractivity contribution in [3.63, 3.8) is 0 Å². The largest absolute Gasteiger partial charge is 0.488 e. The number of imidazole rings is 1. The van der Waals surface area contributed by atoms with Gasteiger partial charge in [-0.05, 0) is 31.7 Å². The summed E-state index contributed by atoms with van der Waals surface area (Å²) >= 11 is 0. The normalized spacial score (nSPS) is 21.7. The molecule has 1 aromatic carbocycles. The molecule has 162 valence electrons. The average molecular weight is 422 g/mol. The smallest absolute Gasteiger partial charge is 0.287 e. The molecule has 2 N–H and O–H groups in total. The van der Waals surface area contributed by atoms with E-state index in [9.17, 15) is 4.79 Å². The van der Waals surface area contributed by atoms with Crippen LogP contribution in [0.5, 0.6) is 5.75 Å². The SMILES string of the molecule is O=C(NC1CCC(Oc2cc(N3CCOCC3)cc3nccnc23)CC1)c1ncc[nH]1. The van der Waals surface area contributed by atoms with Crippen LogP contribution in [0.4, 0.5) is 5.69 Å². The molecule has 1 amide bonds. The fourth-order valence-corrected chi connectivity index (χ4v) is 4.27. The number of benzene rings is 1. The van der Waals surface area contributed by atoms with E-state index in [4.69, 9.17) is 9.47 Å². The Balaban J connectivity index is 1.26. The number of rotatable bonds is 5. The van der Waals surface area contributed by atoms with Crippen molar-refractivity contribution in [2.75, 3.05) is 31.2 Å². The highest BCUT2D eigenvalue weighted by molar-refractivity contribution is 5.90. The predicted octanol–water partition coefficient (Wildman–Crippen LogP) is 2.31. The standard InChI is InChI=1S/C22H26N6O3/c29-22(21-25-7-8-26-21)27-15-1-3-17(4-2-15)31-19-14-16(28-9-11-30-12-10-28)13-18-20(19)24-6-5-23-18/h5-8,13-15,17H,1-4,9-12H2,(H,25,26)(H,27,29). The molecule has 1 saturated carbocycles. The van der Waals surface area contributed by atoms with Gasteiger partial charge in [0, 0.05) is 55.7 Å². The number of aromatic nitrogens is 4. The van der Waals surface area contributed by atoms with E-state index < -0.39 is 0 Å². The summed E-state index contributed by atoms with van der Waals surface area (Å²) in [5.74, 6) is 0.965. The summed E-state index contributed by atoms with van der Waals surface area (Å²) in [5, 5.41) is 3.06. The number of H-pyrrole nitrogens is 1. The van der Waals surface area contributed by atoms with E-state index >= 15 is 0 Å². The number of aromatic amines is 1. The summed E-state index contributed by atoms with van der Waals surface area (Å²) in [6.07, 6.45) is 10.2. The first-order chi connectivity index (χ1) is 15.3. The molecule has 0 unspecified atom stereocenters. The molecule has 9 heteroatoms. The number of hydrogen-bond acceptors (Lipinski definition) is 7. The zero-order chi connectivity index (χ0) is 21.0. The van der Waals surface area contributed by atoms with Gasteiger partial charge in [-0.25, -0.2) is 9.97 Å². The zero-order valence-electron chi connectivity index (χ0n) is 17.3. The molecular weight excluding hydrogens is 396 g/mol. The summed E-state index contributed by atoms with van der Waals surface area (Å²) in [6, 6.07) is 4.28.